The summed E-state index contributed by atoms with van der Waals surface area (Å²) in [7, 11) is -3.16. The van der Waals surface area contributed by atoms with E-state index in [9.17, 15) is 13.2 Å². The lowest BCUT2D eigenvalue weighted by atomic mass is 9.82. The third kappa shape index (κ3) is 4.48. The van der Waals surface area contributed by atoms with Gasteiger partial charge in [-0.05, 0) is 36.0 Å². The first-order valence-electron chi connectivity index (χ1n) is 8.97. The number of piperidine rings is 1. The van der Waals surface area contributed by atoms with E-state index >= 15 is 0 Å². The minimum absolute atomic E-state index is 0.000998. The Balaban J connectivity index is 1.51. The van der Waals surface area contributed by atoms with Crippen LogP contribution >= 0.6 is 0 Å². The molecule has 1 saturated heterocycles. The monoisotopic (exact) mass is 382 g/mol. The molecule has 0 bridgehead atoms. The Hall–Kier alpha value is -1.80. The zero-order chi connectivity index (χ0) is 18.7. The Kier molecular flexibility index (Phi) is 5.72. The maximum absolute atomic E-state index is 12.4. The highest BCUT2D eigenvalue weighted by Crippen LogP contribution is 2.33. The highest BCUT2D eigenvalue weighted by Gasteiger charge is 2.33. The van der Waals surface area contributed by atoms with Crippen molar-refractivity contribution in [1.82, 2.24) is 9.62 Å². The fourth-order valence-corrected chi connectivity index (χ4v) is 4.54. The first kappa shape index (κ1) is 19.0. The zero-order valence-corrected chi connectivity index (χ0v) is 16.0. The van der Waals surface area contributed by atoms with E-state index in [0.29, 0.717) is 31.8 Å². The van der Waals surface area contributed by atoms with Gasteiger partial charge in [-0.3, -0.25) is 4.79 Å². The van der Waals surface area contributed by atoms with Gasteiger partial charge in [-0.1, -0.05) is 19.4 Å². The van der Waals surface area contributed by atoms with Crippen LogP contribution in [-0.4, -0.2) is 44.8 Å². The fourth-order valence-electron chi connectivity index (χ4n) is 3.64. The van der Waals surface area contributed by atoms with Crippen LogP contribution in [-0.2, 0) is 21.4 Å². The third-order valence-corrected chi connectivity index (χ3v) is 6.49. The Labute approximate surface area is 154 Å². The van der Waals surface area contributed by atoms with Gasteiger partial charge in [0, 0.05) is 26.1 Å². The van der Waals surface area contributed by atoms with Gasteiger partial charge in [-0.15, -0.1) is 0 Å². The van der Waals surface area contributed by atoms with Crippen molar-refractivity contribution in [2.45, 2.75) is 32.7 Å². The van der Waals surface area contributed by atoms with Crippen molar-refractivity contribution in [1.29, 1.82) is 0 Å². The maximum Gasteiger partial charge on any atom is 0.231 e. The Bertz CT molecular complexity index is 765. The smallest absolute Gasteiger partial charge is 0.231 e. The fraction of sp³-hybridized carbons (Fsp3) is 0.611. The molecule has 0 unspecified atom stereocenters. The van der Waals surface area contributed by atoms with Gasteiger partial charge in [0.25, 0.3) is 0 Å². The van der Waals surface area contributed by atoms with Gasteiger partial charge >= 0.3 is 0 Å². The third-order valence-electron chi connectivity index (χ3n) is 5.22. The SMILES string of the molecule is CC[C@H]1CN(S(C)(=O)=O)CC[C@H]1CC(=O)NCc1ccc2c(c1)OCO2. The molecule has 2 atom stereocenters. The molecular formula is C18H26N2O5S. The molecule has 2 heterocycles. The number of benzene rings is 1. The van der Waals surface area contributed by atoms with Crippen molar-refractivity contribution in [3.63, 3.8) is 0 Å². The molecule has 1 aromatic carbocycles. The van der Waals surface area contributed by atoms with E-state index in [-0.39, 0.29) is 24.5 Å². The number of carbonyl (C=O) groups excluding carboxylic acids is 1. The van der Waals surface area contributed by atoms with Crippen LogP contribution in [0.5, 0.6) is 11.5 Å². The number of hydrogen-bond donors (Lipinski definition) is 1. The molecule has 2 aliphatic rings. The van der Waals surface area contributed by atoms with Crippen LogP contribution in [0.15, 0.2) is 18.2 Å². The number of amides is 1. The zero-order valence-electron chi connectivity index (χ0n) is 15.2. The van der Waals surface area contributed by atoms with E-state index in [4.69, 9.17) is 9.47 Å². The average Bonchev–Trinajstić information content (AvgIpc) is 3.07. The first-order chi connectivity index (χ1) is 12.4. The van der Waals surface area contributed by atoms with Gasteiger partial charge in [0.05, 0.1) is 6.26 Å². The van der Waals surface area contributed by atoms with Crippen molar-refractivity contribution < 1.29 is 22.7 Å². The summed E-state index contributed by atoms with van der Waals surface area (Å²) in [5.74, 6) is 1.86. The second-order valence-corrected chi connectivity index (χ2v) is 8.99. The van der Waals surface area contributed by atoms with Crippen LogP contribution in [0.25, 0.3) is 0 Å². The molecule has 2 aliphatic heterocycles. The molecule has 3 rings (SSSR count). The average molecular weight is 382 g/mol. The highest BCUT2D eigenvalue weighted by molar-refractivity contribution is 7.88. The molecule has 7 nitrogen and oxygen atoms in total. The first-order valence-corrected chi connectivity index (χ1v) is 10.8. The number of carbonyl (C=O) groups is 1. The topological polar surface area (TPSA) is 84.9 Å². The number of rotatable bonds is 6. The summed E-state index contributed by atoms with van der Waals surface area (Å²) in [5.41, 5.74) is 0.960. The molecule has 0 saturated carbocycles. The normalized spacial score (nSPS) is 23.0. The Morgan fingerprint density at radius 3 is 2.77 bits per heavy atom. The van der Waals surface area contributed by atoms with Gasteiger partial charge < -0.3 is 14.8 Å². The highest BCUT2D eigenvalue weighted by atomic mass is 32.2. The Morgan fingerprint density at radius 2 is 2.04 bits per heavy atom. The van der Waals surface area contributed by atoms with Gasteiger partial charge in [0.1, 0.15) is 0 Å². The summed E-state index contributed by atoms with van der Waals surface area (Å²) in [4.78, 5) is 12.4. The van der Waals surface area contributed by atoms with Crippen LogP contribution in [0, 0.1) is 11.8 Å². The standard InChI is InChI=1S/C18H26N2O5S/c1-3-14-11-20(26(2,22)23)7-6-15(14)9-18(21)19-10-13-4-5-16-17(8-13)25-12-24-16/h4-5,8,14-15H,3,6-7,9-12H2,1-2H3,(H,19,21)/t14-,15-/m0/s1. The number of ether oxygens (including phenoxy) is 2. The van der Waals surface area contributed by atoms with Gasteiger partial charge in [0.15, 0.2) is 11.5 Å². The minimum Gasteiger partial charge on any atom is -0.454 e. The van der Waals surface area contributed by atoms with Crippen molar-refractivity contribution >= 4 is 15.9 Å². The molecule has 0 aromatic heterocycles. The molecular weight excluding hydrogens is 356 g/mol. The summed E-state index contributed by atoms with van der Waals surface area (Å²) < 4.78 is 35.6. The second-order valence-electron chi connectivity index (χ2n) is 7.01. The van der Waals surface area contributed by atoms with E-state index in [1.807, 2.05) is 25.1 Å². The van der Waals surface area contributed by atoms with Crippen LogP contribution in [0.2, 0.25) is 0 Å². The largest absolute Gasteiger partial charge is 0.454 e. The number of nitrogens with zero attached hydrogens (tertiary/aromatic N) is 1. The predicted molar refractivity (Wildman–Crippen MR) is 97.3 cm³/mol. The van der Waals surface area contributed by atoms with Crippen molar-refractivity contribution in [3.05, 3.63) is 23.8 Å². The molecule has 1 N–H and O–H groups in total. The Morgan fingerprint density at radius 1 is 1.27 bits per heavy atom. The van der Waals surface area contributed by atoms with E-state index in [1.54, 1.807) is 0 Å². The summed E-state index contributed by atoms with van der Waals surface area (Å²) in [6.07, 6.45) is 3.27. The van der Waals surface area contributed by atoms with Gasteiger partial charge in [-0.2, -0.15) is 0 Å². The van der Waals surface area contributed by atoms with E-state index in [0.717, 1.165) is 24.2 Å². The number of sulfonamides is 1. The van der Waals surface area contributed by atoms with Crippen molar-refractivity contribution in [3.8, 4) is 11.5 Å². The quantitative estimate of drug-likeness (QED) is 0.810. The molecule has 26 heavy (non-hydrogen) atoms. The minimum atomic E-state index is -3.16. The predicted octanol–water partition coefficient (Wildman–Crippen LogP) is 1.73. The molecule has 0 radical (unpaired) electrons. The lowest BCUT2D eigenvalue weighted by molar-refractivity contribution is -0.122. The molecule has 1 amide bonds. The van der Waals surface area contributed by atoms with Crippen LogP contribution in [0.3, 0.4) is 0 Å². The van der Waals surface area contributed by atoms with Gasteiger partial charge in [-0.25, -0.2) is 12.7 Å². The van der Waals surface area contributed by atoms with E-state index in [2.05, 4.69) is 5.32 Å². The maximum atomic E-state index is 12.4. The molecule has 8 heteroatoms. The number of fused-ring (bicyclic) bond motifs is 1. The van der Waals surface area contributed by atoms with Crippen molar-refractivity contribution in [2.24, 2.45) is 11.8 Å². The van der Waals surface area contributed by atoms with Crippen molar-refractivity contribution in [2.75, 3.05) is 26.1 Å². The molecule has 144 valence electrons. The summed E-state index contributed by atoms with van der Waals surface area (Å²) in [6.45, 7) is 3.73. The molecule has 1 aromatic rings. The molecule has 0 spiro atoms. The summed E-state index contributed by atoms with van der Waals surface area (Å²) in [5, 5.41) is 2.96. The lowest BCUT2D eigenvalue weighted by Crippen LogP contribution is -2.44. The lowest BCUT2D eigenvalue weighted by Gasteiger charge is -2.36. The summed E-state index contributed by atoms with van der Waals surface area (Å²) in [6, 6.07) is 5.63. The summed E-state index contributed by atoms with van der Waals surface area (Å²) >= 11 is 0. The molecule has 1 fully saturated rings. The van der Waals surface area contributed by atoms with Gasteiger partial charge in [0.2, 0.25) is 22.7 Å². The van der Waals surface area contributed by atoms with Crippen LogP contribution < -0.4 is 14.8 Å². The van der Waals surface area contributed by atoms with E-state index in [1.165, 1.54) is 10.6 Å². The van der Waals surface area contributed by atoms with E-state index < -0.39 is 10.0 Å². The van der Waals surface area contributed by atoms with Crippen LogP contribution in [0.1, 0.15) is 31.7 Å². The number of hydrogen-bond acceptors (Lipinski definition) is 5. The molecule has 0 aliphatic carbocycles. The number of nitrogens with one attached hydrogen (secondary N) is 1. The second kappa shape index (κ2) is 7.84. The van der Waals surface area contributed by atoms with Crippen LogP contribution in [0.4, 0.5) is 0 Å².